The number of hydrogen-bond donors (Lipinski definition) is 1. The monoisotopic (exact) mass is 319 g/mol. The van der Waals surface area contributed by atoms with Gasteiger partial charge in [-0.15, -0.1) is 0 Å². The summed E-state index contributed by atoms with van der Waals surface area (Å²) in [5.41, 5.74) is 5.53. The Morgan fingerprint density at radius 2 is 1.50 bits per heavy atom. The number of ether oxygens (including phenoxy) is 4. The first-order valence-corrected chi connectivity index (χ1v) is 8.39. The van der Waals surface area contributed by atoms with Crippen LogP contribution < -0.4 is 5.73 Å². The number of rotatable bonds is 13. The van der Waals surface area contributed by atoms with Crippen LogP contribution in [0.4, 0.5) is 0 Å². The van der Waals surface area contributed by atoms with E-state index in [1.165, 1.54) is 0 Å². The lowest BCUT2D eigenvalue weighted by Crippen LogP contribution is -2.38. The van der Waals surface area contributed by atoms with Crippen molar-refractivity contribution in [3.63, 3.8) is 0 Å². The SMILES string of the molecule is CC(C)OCCC(C)(C)OCC(CN)OC(C)COC(C)C. The molecule has 0 fully saturated rings. The van der Waals surface area contributed by atoms with Crippen LogP contribution in [0.1, 0.15) is 54.9 Å². The summed E-state index contributed by atoms with van der Waals surface area (Å²) in [4.78, 5) is 0. The lowest BCUT2D eigenvalue weighted by molar-refractivity contribution is -0.118. The molecule has 0 aliphatic carbocycles. The molecule has 0 aromatic rings. The van der Waals surface area contributed by atoms with E-state index in [0.717, 1.165) is 6.42 Å². The first-order chi connectivity index (χ1) is 10.2. The molecule has 0 amide bonds. The van der Waals surface area contributed by atoms with E-state index in [4.69, 9.17) is 24.7 Å². The second-order valence-electron chi connectivity index (χ2n) is 6.93. The maximum atomic E-state index is 5.96. The highest BCUT2D eigenvalue weighted by Gasteiger charge is 2.22. The summed E-state index contributed by atoms with van der Waals surface area (Å²) in [6.45, 7) is 16.4. The Hall–Kier alpha value is -0.200. The van der Waals surface area contributed by atoms with Gasteiger partial charge in [0.05, 0.1) is 43.2 Å². The zero-order chi connectivity index (χ0) is 17.2. The van der Waals surface area contributed by atoms with E-state index >= 15 is 0 Å². The standard InChI is InChI=1S/C17H37NO4/c1-13(2)19-9-8-17(6,7)21-12-16(10-18)22-15(5)11-20-14(3)4/h13-16H,8-12,18H2,1-7H3. The minimum atomic E-state index is -0.247. The van der Waals surface area contributed by atoms with E-state index in [-0.39, 0.29) is 30.0 Å². The molecule has 2 unspecified atom stereocenters. The van der Waals surface area contributed by atoms with Gasteiger partial charge in [-0.3, -0.25) is 0 Å². The summed E-state index contributed by atoms with van der Waals surface area (Å²) in [6.07, 6.45) is 1.19. The lowest BCUT2D eigenvalue weighted by atomic mass is 10.1. The van der Waals surface area contributed by atoms with Crippen molar-refractivity contribution in [2.75, 3.05) is 26.4 Å². The van der Waals surface area contributed by atoms with Crippen LogP contribution in [0.5, 0.6) is 0 Å². The fourth-order valence-corrected chi connectivity index (χ4v) is 1.79. The zero-order valence-corrected chi connectivity index (χ0v) is 15.6. The summed E-state index contributed by atoms with van der Waals surface area (Å²) >= 11 is 0. The van der Waals surface area contributed by atoms with Crippen molar-refractivity contribution >= 4 is 0 Å². The normalized spacial score (nSPS) is 15.5. The predicted octanol–water partition coefficient (Wildman–Crippen LogP) is 2.75. The molecule has 2 N–H and O–H groups in total. The minimum Gasteiger partial charge on any atom is -0.379 e. The molecule has 0 saturated heterocycles. The van der Waals surface area contributed by atoms with Crippen LogP contribution in [0.25, 0.3) is 0 Å². The molecule has 5 nitrogen and oxygen atoms in total. The van der Waals surface area contributed by atoms with Gasteiger partial charge in [-0.1, -0.05) is 0 Å². The molecule has 0 aromatic carbocycles. The van der Waals surface area contributed by atoms with E-state index in [9.17, 15) is 0 Å². The quantitative estimate of drug-likeness (QED) is 0.565. The third-order valence-corrected chi connectivity index (χ3v) is 3.17. The van der Waals surface area contributed by atoms with Crippen molar-refractivity contribution in [3.8, 4) is 0 Å². The van der Waals surface area contributed by atoms with Crippen LogP contribution in [0, 0.1) is 0 Å². The fraction of sp³-hybridized carbons (Fsp3) is 1.00. The van der Waals surface area contributed by atoms with Gasteiger partial charge in [0.2, 0.25) is 0 Å². The predicted molar refractivity (Wildman–Crippen MR) is 90.2 cm³/mol. The van der Waals surface area contributed by atoms with Gasteiger partial charge >= 0.3 is 0 Å². The first kappa shape index (κ1) is 21.8. The first-order valence-electron chi connectivity index (χ1n) is 8.39. The summed E-state index contributed by atoms with van der Waals surface area (Å²) in [5, 5.41) is 0. The molecule has 134 valence electrons. The van der Waals surface area contributed by atoms with E-state index in [1.54, 1.807) is 0 Å². The average Bonchev–Trinajstić information content (AvgIpc) is 2.40. The second-order valence-corrected chi connectivity index (χ2v) is 6.93. The van der Waals surface area contributed by atoms with Crippen LogP contribution in [-0.4, -0.2) is 56.4 Å². The number of nitrogens with two attached hydrogens (primary N) is 1. The molecule has 0 spiro atoms. The highest BCUT2D eigenvalue weighted by Crippen LogP contribution is 2.16. The summed E-state index contributed by atoms with van der Waals surface area (Å²) in [7, 11) is 0. The van der Waals surface area contributed by atoms with Crippen molar-refractivity contribution in [2.24, 2.45) is 5.73 Å². The number of hydrogen-bond acceptors (Lipinski definition) is 5. The third kappa shape index (κ3) is 12.4. The van der Waals surface area contributed by atoms with Gasteiger partial charge in [0.1, 0.15) is 0 Å². The van der Waals surface area contributed by atoms with Crippen LogP contribution >= 0.6 is 0 Å². The van der Waals surface area contributed by atoms with Gasteiger partial charge in [0.15, 0.2) is 0 Å². The van der Waals surface area contributed by atoms with Crippen molar-refractivity contribution < 1.29 is 18.9 Å². The Bertz CT molecular complexity index is 269. The second kappa shape index (κ2) is 11.4. The lowest BCUT2D eigenvalue weighted by Gasteiger charge is -2.29. The van der Waals surface area contributed by atoms with Gasteiger partial charge < -0.3 is 24.7 Å². The van der Waals surface area contributed by atoms with Gasteiger partial charge in [-0.2, -0.15) is 0 Å². The Labute approximate surface area is 136 Å². The minimum absolute atomic E-state index is 0.00642. The highest BCUT2D eigenvalue weighted by atomic mass is 16.6. The molecular formula is C17H37NO4. The molecular weight excluding hydrogens is 282 g/mol. The van der Waals surface area contributed by atoms with Gasteiger partial charge in [-0.05, 0) is 54.9 Å². The Kier molecular flexibility index (Phi) is 11.3. The van der Waals surface area contributed by atoms with Crippen LogP contribution in [0.3, 0.4) is 0 Å². The molecule has 5 heteroatoms. The molecule has 0 aliphatic rings. The van der Waals surface area contributed by atoms with E-state index in [1.807, 2.05) is 34.6 Å². The summed E-state index contributed by atoms with van der Waals surface area (Å²) in [6, 6.07) is 0. The zero-order valence-electron chi connectivity index (χ0n) is 15.6. The Morgan fingerprint density at radius 1 is 0.909 bits per heavy atom. The molecule has 0 heterocycles. The topological polar surface area (TPSA) is 62.9 Å². The maximum Gasteiger partial charge on any atom is 0.0935 e. The van der Waals surface area contributed by atoms with Crippen molar-refractivity contribution in [2.45, 2.75) is 84.9 Å². The van der Waals surface area contributed by atoms with Gasteiger partial charge in [-0.25, -0.2) is 0 Å². The van der Waals surface area contributed by atoms with Crippen molar-refractivity contribution in [1.29, 1.82) is 0 Å². The largest absolute Gasteiger partial charge is 0.379 e. The van der Waals surface area contributed by atoms with E-state index in [0.29, 0.717) is 26.4 Å². The molecule has 22 heavy (non-hydrogen) atoms. The van der Waals surface area contributed by atoms with Crippen molar-refractivity contribution in [3.05, 3.63) is 0 Å². The van der Waals surface area contributed by atoms with Crippen LogP contribution in [0.2, 0.25) is 0 Å². The molecule has 2 atom stereocenters. The molecule has 0 radical (unpaired) electrons. The third-order valence-electron chi connectivity index (χ3n) is 3.17. The molecule has 0 aliphatic heterocycles. The molecule has 0 aromatic heterocycles. The average molecular weight is 319 g/mol. The highest BCUT2D eigenvalue weighted by molar-refractivity contribution is 4.71. The van der Waals surface area contributed by atoms with Crippen LogP contribution in [0.15, 0.2) is 0 Å². The molecule has 0 bridgehead atoms. The van der Waals surface area contributed by atoms with Crippen LogP contribution in [-0.2, 0) is 18.9 Å². The fourth-order valence-electron chi connectivity index (χ4n) is 1.79. The van der Waals surface area contributed by atoms with Gasteiger partial charge in [0.25, 0.3) is 0 Å². The Morgan fingerprint density at radius 3 is 2.00 bits per heavy atom. The van der Waals surface area contributed by atoms with Crippen molar-refractivity contribution in [1.82, 2.24) is 0 Å². The van der Waals surface area contributed by atoms with Gasteiger partial charge in [0, 0.05) is 13.2 Å². The van der Waals surface area contributed by atoms with E-state index < -0.39 is 0 Å². The molecule has 0 saturated carbocycles. The maximum absolute atomic E-state index is 5.96. The molecule has 0 rings (SSSR count). The summed E-state index contributed by atoms with van der Waals surface area (Å²) in [5.74, 6) is 0. The Balaban J connectivity index is 4.05. The summed E-state index contributed by atoms with van der Waals surface area (Å²) < 4.78 is 23.0. The van der Waals surface area contributed by atoms with E-state index in [2.05, 4.69) is 13.8 Å². The smallest absolute Gasteiger partial charge is 0.0935 e.